The summed E-state index contributed by atoms with van der Waals surface area (Å²) in [5.74, 6) is 0.929. The van der Waals surface area contributed by atoms with Gasteiger partial charge in [0.15, 0.2) is 5.96 Å². The van der Waals surface area contributed by atoms with E-state index in [1.807, 2.05) is 7.05 Å². The third-order valence-electron chi connectivity index (χ3n) is 5.75. The lowest BCUT2D eigenvalue weighted by Gasteiger charge is -2.26. The molecule has 2 aliphatic rings. The number of hydrogen-bond acceptors (Lipinski definition) is 4. The number of benzene rings is 1. The molecule has 0 bridgehead atoms. The number of ether oxygens (including phenoxy) is 1. The zero-order valence-corrected chi connectivity index (χ0v) is 20.1. The minimum absolute atomic E-state index is 0. The fraction of sp³-hybridized carbons (Fsp3) is 0.682. The smallest absolute Gasteiger partial charge is 0.191 e. The van der Waals surface area contributed by atoms with E-state index in [-0.39, 0.29) is 24.0 Å². The highest BCUT2D eigenvalue weighted by molar-refractivity contribution is 14.0. The highest BCUT2D eigenvalue weighted by Gasteiger charge is 2.24. The van der Waals surface area contributed by atoms with Crippen LogP contribution in [0.25, 0.3) is 0 Å². The van der Waals surface area contributed by atoms with Crippen LogP contribution >= 0.6 is 24.0 Å². The van der Waals surface area contributed by atoms with Gasteiger partial charge in [0, 0.05) is 45.8 Å². The van der Waals surface area contributed by atoms with Crippen LogP contribution in [0.3, 0.4) is 0 Å². The first-order valence-electron chi connectivity index (χ1n) is 10.9. The standard InChI is InChI=1S/C22H37N5O.HI/c1-23-22(24-11-5-6-12-26-14-16-28-17-15-26)25-18-21-10-7-13-27(21)19-20-8-3-2-4-9-20;/h2-4,8-9,21H,5-7,10-19H2,1H3,(H2,23,24,25);1H. The first-order chi connectivity index (χ1) is 13.8. The monoisotopic (exact) mass is 515 g/mol. The maximum atomic E-state index is 5.40. The number of aliphatic imine (C=N–C) groups is 1. The molecule has 0 aliphatic carbocycles. The van der Waals surface area contributed by atoms with Gasteiger partial charge in [0.25, 0.3) is 0 Å². The van der Waals surface area contributed by atoms with Gasteiger partial charge in [-0.1, -0.05) is 30.3 Å². The van der Waals surface area contributed by atoms with Gasteiger partial charge in [-0.15, -0.1) is 24.0 Å². The number of hydrogen-bond donors (Lipinski definition) is 2. The molecule has 7 heteroatoms. The van der Waals surface area contributed by atoms with Crippen molar-refractivity contribution in [3.63, 3.8) is 0 Å². The molecule has 6 nitrogen and oxygen atoms in total. The second-order valence-electron chi connectivity index (χ2n) is 7.79. The largest absolute Gasteiger partial charge is 0.379 e. The van der Waals surface area contributed by atoms with E-state index in [9.17, 15) is 0 Å². The lowest BCUT2D eigenvalue weighted by Crippen LogP contribution is -2.45. The number of guanidine groups is 1. The number of likely N-dealkylation sites (tertiary alicyclic amines) is 1. The summed E-state index contributed by atoms with van der Waals surface area (Å²) in [5.41, 5.74) is 1.40. The van der Waals surface area contributed by atoms with E-state index in [2.05, 4.69) is 55.8 Å². The van der Waals surface area contributed by atoms with Gasteiger partial charge in [-0.3, -0.25) is 14.8 Å². The molecule has 2 aliphatic heterocycles. The minimum Gasteiger partial charge on any atom is -0.379 e. The van der Waals surface area contributed by atoms with Crippen LogP contribution in [0.5, 0.6) is 0 Å². The Labute approximate surface area is 193 Å². The molecule has 2 N–H and O–H groups in total. The summed E-state index contributed by atoms with van der Waals surface area (Å²) >= 11 is 0. The molecule has 164 valence electrons. The van der Waals surface area contributed by atoms with Crippen molar-refractivity contribution in [2.24, 2.45) is 4.99 Å². The summed E-state index contributed by atoms with van der Waals surface area (Å²) in [4.78, 5) is 9.49. The Balaban J connectivity index is 0.00000300. The first kappa shape index (κ1) is 24.4. The Morgan fingerprint density at radius 3 is 2.66 bits per heavy atom. The molecule has 0 radical (unpaired) electrons. The molecular formula is C22H38IN5O. The number of nitrogens with zero attached hydrogens (tertiary/aromatic N) is 3. The molecule has 2 heterocycles. The summed E-state index contributed by atoms with van der Waals surface area (Å²) in [7, 11) is 1.86. The van der Waals surface area contributed by atoms with Crippen molar-refractivity contribution in [3.8, 4) is 0 Å². The van der Waals surface area contributed by atoms with Crippen LogP contribution in [0, 0.1) is 0 Å². The van der Waals surface area contributed by atoms with Gasteiger partial charge in [0.05, 0.1) is 13.2 Å². The molecule has 1 unspecified atom stereocenters. The van der Waals surface area contributed by atoms with Gasteiger partial charge in [-0.05, 0) is 44.3 Å². The SMILES string of the molecule is CN=C(NCCCCN1CCOCC1)NCC1CCCN1Cc1ccccc1.I. The molecule has 0 aromatic heterocycles. The topological polar surface area (TPSA) is 52.1 Å². The molecule has 1 aromatic carbocycles. The van der Waals surface area contributed by atoms with E-state index < -0.39 is 0 Å². The summed E-state index contributed by atoms with van der Waals surface area (Å²) in [6.45, 7) is 9.27. The van der Waals surface area contributed by atoms with Crippen LogP contribution in [0.1, 0.15) is 31.2 Å². The van der Waals surface area contributed by atoms with Crippen LogP contribution in [-0.4, -0.2) is 81.3 Å². The van der Waals surface area contributed by atoms with Crippen molar-refractivity contribution in [1.82, 2.24) is 20.4 Å². The predicted octanol–water partition coefficient (Wildman–Crippen LogP) is 2.55. The summed E-state index contributed by atoms with van der Waals surface area (Å²) in [5, 5.41) is 7.01. The Morgan fingerprint density at radius 1 is 1.10 bits per heavy atom. The van der Waals surface area contributed by atoms with Crippen LogP contribution in [0.15, 0.2) is 35.3 Å². The highest BCUT2D eigenvalue weighted by Crippen LogP contribution is 2.19. The molecule has 2 saturated heterocycles. The quantitative estimate of drug-likeness (QED) is 0.229. The summed E-state index contributed by atoms with van der Waals surface area (Å²) in [6.07, 6.45) is 4.93. The molecule has 29 heavy (non-hydrogen) atoms. The molecule has 3 rings (SSSR count). The second-order valence-corrected chi connectivity index (χ2v) is 7.79. The van der Waals surface area contributed by atoms with Gasteiger partial charge in [-0.25, -0.2) is 0 Å². The minimum atomic E-state index is 0. The van der Waals surface area contributed by atoms with Gasteiger partial charge in [-0.2, -0.15) is 0 Å². The first-order valence-corrected chi connectivity index (χ1v) is 10.9. The van der Waals surface area contributed by atoms with E-state index in [1.54, 1.807) is 0 Å². The van der Waals surface area contributed by atoms with Crippen molar-refractivity contribution >= 4 is 29.9 Å². The predicted molar refractivity (Wildman–Crippen MR) is 131 cm³/mol. The molecule has 0 spiro atoms. The number of rotatable bonds is 9. The average molecular weight is 515 g/mol. The Kier molecular flexibility index (Phi) is 11.9. The van der Waals surface area contributed by atoms with Crippen molar-refractivity contribution in [3.05, 3.63) is 35.9 Å². The van der Waals surface area contributed by atoms with Crippen molar-refractivity contribution in [2.45, 2.75) is 38.3 Å². The molecule has 1 aromatic rings. The van der Waals surface area contributed by atoms with E-state index in [1.165, 1.54) is 44.3 Å². The van der Waals surface area contributed by atoms with Crippen LogP contribution < -0.4 is 10.6 Å². The highest BCUT2D eigenvalue weighted by atomic mass is 127. The Hall–Kier alpha value is -0.900. The normalized spacial score (nSPS) is 21.0. The zero-order valence-electron chi connectivity index (χ0n) is 17.8. The van der Waals surface area contributed by atoms with Crippen molar-refractivity contribution in [2.75, 3.05) is 59.5 Å². The van der Waals surface area contributed by atoms with E-state index >= 15 is 0 Å². The van der Waals surface area contributed by atoms with Gasteiger partial charge < -0.3 is 15.4 Å². The molecule has 2 fully saturated rings. The Morgan fingerprint density at radius 2 is 1.90 bits per heavy atom. The molecular weight excluding hydrogens is 477 g/mol. The van der Waals surface area contributed by atoms with E-state index in [0.717, 1.165) is 51.9 Å². The van der Waals surface area contributed by atoms with Crippen molar-refractivity contribution in [1.29, 1.82) is 0 Å². The van der Waals surface area contributed by atoms with Gasteiger partial charge in [0.2, 0.25) is 0 Å². The third-order valence-corrected chi connectivity index (χ3v) is 5.75. The van der Waals surface area contributed by atoms with Gasteiger partial charge >= 0.3 is 0 Å². The summed E-state index contributed by atoms with van der Waals surface area (Å²) in [6, 6.07) is 11.4. The maximum absolute atomic E-state index is 5.40. The fourth-order valence-electron chi connectivity index (χ4n) is 4.08. The third kappa shape index (κ3) is 8.78. The fourth-order valence-corrected chi connectivity index (χ4v) is 4.08. The lowest BCUT2D eigenvalue weighted by molar-refractivity contribution is 0.0372. The summed E-state index contributed by atoms with van der Waals surface area (Å²) < 4.78 is 5.40. The van der Waals surface area contributed by atoms with E-state index in [4.69, 9.17) is 4.74 Å². The zero-order chi connectivity index (χ0) is 19.4. The lowest BCUT2D eigenvalue weighted by atomic mass is 10.2. The Bertz CT molecular complexity index is 580. The molecule has 0 amide bonds. The number of morpholine rings is 1. The molecule has 1 atom stereocenters. The number of unbranched alkanes of at least 4 members (excludes halogenated alkanes) is 1. The second kappa shape index (κ2) is 14.2. The number of halogens is 1. The van der Waals surface area contributed by atoms with Crippen LogP contribution in [0.4, 0.5) is 0 Å². The maximum Gasteiger partial charge on any atom is 0.191 e. The van der Waals surface area contributed by atoms with Crippen LogP contribution in [0.2, 0.25) is 0 Å². The van der Waals surface area contributed by atoms with Crippen LogP contribution in [-0.2, 0) is 11.3 Å². The van der Waals surface area contributed by atoms with E-state index in [0.29, 0.717) is 6.04 Å². The number of nitrogens with one attached hydrogen (secondary N) is 2. The average Bonchev–Trinajstić information content (AvgIpc) is 3.18. The molecule has 0 saturated carbocycles. The van der Waals surface area contributed by atoms with Gasteiger partial charge in [0.1, 0.15) is 0 Å². The van der Waals surface area contributed by atoms with Crippen molar-refractivity contribution < 1.29 is 4.74 Å².